The van der Waals surface area contributed by atoms with E-state index in [1.807, 2.05) is 0 Å². The SMILES string of the molecule is CC(C)C[C@@H]1NC(=O)[C@H](Cc2ccc(O)cc2)NC(=O)[C@H](Cc2ccccc2)NC(=O)CSC[C@@H](C(=O)NCC(N)=O)NC(=O)[C@H](CC(C)C)NC(=O)[C@H](Cc2ccccc2)N(C)C(=O)[C@H](Cc2ccc(O)cc2)NC(=O)[C@H](Cc2c[nH]c3ccccc23)NC(=O)[C@H](CCC(=O)O)NC(=O)[C@H](CO)NC(=O)[C@H](Cc2ccc(O)cc2)NC(=O)[C@H](C(C)C)NC1=O. The number of aromatic amines is 1. The quantitative estimate of drug-likeness (QED) is 0.0403. The molecule has 7 aromatic rings. The molecule has 35 nitrogen and oxygen atoms in total. The second-order valence-corrected chi connectivity index (χ2v) is 33.0. The zero-order valence-corrected chi connectivity index (χ0v) is 71.3. The Morgan fingerprint density at radius 1 is 0.448 bits per heavy atom. The topological polar surface area (TPSA) is 547 Å². The van der Waals surface area contributed by atoms with Gasteiger partial charge < -0.3 is 105 Å². The highest BCUT2D eigenvalue weighted by atomic mass is 32.2. The Bertz CT molecular complexity index is 4910. The Balaban J connectivity index is 1.23. The fourth-order valence-corrected chi connectivity index (χ4v) is 14.9. The number of aliphatic hydroxyl groups excluding tert-OH is 1. The van der Waals surface area contributed by atoms with Gasteiger partial charge in [-0.15, -0.1) is 11.8 Å². The summed E-state index contributed by atoms with van der Waals surface area (Å²) in [7, 11) is 1.28. The Hall–Kier alpha value is -13.4. The minimum absolute atomic E-state index is 0.0735. The molecule has 1 fully saturated rings. The van der Waals surface area contributed by atoms with Gasteiger partial charge in [0.2, 0.25) is 82.7 Å². The number of carboxylic acid groups (broad SMARTS) is 1. The Morgan fingerprint density at radius 2 is 0.840 bits per heavy atom. The van der Waals surface area contributed by atoms with Crippen molar-refractivity contribution in [3.05, 3.63) is 197 Å². The van der Waals surface area contributed by atoms with Crippen molar-refractivity contribution in [2.45, 2.75) is 178 Å². The molecule has 0 spiro atoms. The van der Waals surface area contributed by atoms with Crippen molar-refractivity contribution in [3.63, 3.8) is 0 Å². The summed E-state index contributed by atoms with van der Waals surface area (Å²) in [6.07, 6.45) is -1.86. The van der Waals surface area contributed by atoms with E-state index in [4.69, 9.17) is 5.73 Å². The molecule has 1 aliphatic rings. The molecule has 8 rings (SSSR count). The first-order valence-electron chi connectivity index (χ1n) is 41.0. The third-order valence-corrected chi connectivity index (χ3v) is 21.7. The number of carbonyl (C=O) groups is 15. The molecular weight excluding hydrogens is 1630 g/mol. The number of nitrogens with two attached hydrogens (primary N) is 1. The number of carbonyl (C=O) groups excluding carboxylic acids is 14. The van der Waals surface area contributed by atoms with Crippen molar-refractivity contribution in [3.8, 4) is 17.2 Å². The number of primary amides is 1. The highest BCUT2D eigenvalue weighted by molar-refractivity contribution is 8.00. The van der Waals surface area contributed by atoms with Gasteiger partial charge in [0, 0.05) is 74.8 Å². The molecule has 14 amide bonds. The molecule has 1 saturated heterocycles. The van der Waals surface area contributed by atoms with Crippen molar-refractivity contribution >= 4 is 111 Å². The number of likely N-dealkylation sites (N-methyl/N-ethyl adjacent to an activating group) is 1. The summed E-state index contributed by atoms with van der Waals surface area (Å²) in [5.41, 5.74) is 8.62. The lowest BCUT2D eigenvalue weighted by Crippen LogP contribution is -2.62. The van der Waals surface area contributed by atoms with Gasteiger partial charge in [-0.3, -0.25) is 71.9 Å². The van der Waals surface area contributed by atoms with Crippen LogP contribution in [-0.4, -0.2) is 228 Å². The number of fused-ring (bicyclic) bond motifs is 1. The number of aromatic nitrogens is 1. The van der Waals surface area contributed by atoms with Gasteiger partial charge in [-0.25, -0.2) is 0 Å². The number of phenolic OH excluding ortho intramolecular Hbond substituents is 3. The largest absolute Gasteiger partial charge is 0.508 e. The van der Waals surface area contributed by atoms with Crippen LogP contribution in [0.1, 0.15) is 101 Å². The maximum Gasteiger partial charge on any atom is 0.303 e. The molecule has 0 radical (unpaired) electrons. The number of rotatable bonds is 24. The number of hydrogen-bond acceptors (Lipinski definition) is 20. The number of aromatic hydroxyl groups is 3. The maximum atomic E-state index is 15.8. The van der Waals surface area contributed by atoms with Crippen molar-refractivity contribution < 1.29 is 97.5 Å². The predicted molar refractivity (Wildman–Crippen MR) is 463 cm³/mol. The summed E-state index contributed by atoms with van der Waals surface area (Å²) in [5, 5.41) is 84.2. The molecular formula is C89H111N15O20S. The highest BCUT2D eigenvalue weighted by Crippen LogP contribution is 2.24. The number of thioether (sulfide) groups is 1. The summed E-state index contributed by atoms with van der Waals surface area (Å²) in [5.74, 6) is -18.2. The Labute approximate surface area is 726 Å². The fraction of sp³-hybridized carbons (Fsp3) is 0.404. The molecule has 6 aromatic carbocycles. The summed E-state index contributed by atoms with van der Waals surface area (Å²) in [6.45, 7) is 8.22. The number of carboxylic acids is 1. The van der Waals surface area contributed by atoms with Gasteiger partial charge in [-0.1, -0.05) is 157 Å². The minimum atomic E-state index is -1.99. The van der Waals surface area contributed by atoms with E-state index in [0.717, 1.165) is 16.7 Å². The fourth-order valence-electron chi connectivity index (χ4n) is 14.0. The average Bonchev–Trinajstić information content (AvgIpc) is 1.66. The van der Waals surface area contributed by atoms with E-state index in [1.54, 1.807) is 133 Å². The lowest BCUT2D eigenvalue weighted by molar-refractivity contribution is -0.143. The molecule has 1 aromatic heterocycles. The molecule has 0 bridgehead atoms. The molecule has 0 saturated carbocycles. The van der Waals surface area contributed by atoms with Crippen LogP contribution in [0.3, 0.4) is 0 Å². The van der Waals surface area contributed by atoms with Gasteiger partial charge in [0.05, 0.1) is 18.9 Å². The smallest absolute Gasteiger partial charge is 0.303 e. The van der Waals surface area contributed by atoms with Gasteiger partial charge in [-0.05, 0) is 113 Å². The van der Waals surface area contributed by atoms with E-state index < -0.39 is 205 Å². The van der Waals surface area contributed by atoms with Crippen LogP contribution in [0.5, 0.6) is 17.2 Å². The lowest BCUT2D eigenvalue weighted by atomic mass is 9.98. The number of nitrogens with zero attached hydrogens (tertiary/aromatic N) is 1. The summed E-state index contributed by atoms with van der Waals surface area (Å²) < 4.78 is 0. The number of para-hydroxylation sites is 1. The Kier molecular flexibility index (Phi) is 36.7. The van der Waals surface area contributed by atoms with E-state index >= 15 is 28.8 Å². The average molecular weight is 1740 g/mol. The third kappa shape index (κ3) is 30.6. The van der Waals surface area contributed by atoms with Crippen LogP contribution >= 0.6 is 11.8 Å². The zero-order chi connectivity index (χ0) is 91.1. The zero-order valence-electron chi connectivity index (χ0n) is 70.4. The standard InChI is InChI=1S/C89H111N15O20S/c1-49(2)36-64-80(115)102-72(78(113)92-45-74(90)109)47-125-48-75(110)93-66(38-52-16-10-8-11-17-52)81(116)96-67(39-54-22-28-58(106)29-23-54)82(117)95-65(37-50(3)4)85(120)103-77(51(5)6)88(123)99-68(40-55-24-30-59(107)31-25-55)83(118)101-71(46-105)86(121)94-63(34-35-76(111)112)79(114)97-69(43-57-44-91-62-21-15-14-20-61(57)62)84(119)100-70(41-56-26-32-60(108)33-27-56)89(124)104(7)73(87(122)98-64)42-53-18-12-9-13-19-53/h8-33,44,49-51,63-73,77,91,105-108H,34-43,45-48H2,1-7H3,(H2,90,109)(H,92,113)(H,93,110)(H,94,121)(H,95,117)(H,96,116)(H,97,114)(H,98,122)(H,99,123)(H,100,119)(H,101,118)(H,102,115)(H,103,120)(H,111,112)/t63-,64-,65-,66-,67-,68-,69-,70-,71-,72-,73-,77-/m0/s1. The second kappa shape index (κ2) is 47.3. The van der Waals surface area contributed by atoms with Crippen LogP contribution < -0.4 is 69.5 Å². The number of aliphatic hydroxyl groups is 1. The number of phenols is 3. The lowest BCUT2D eigenvalue weighted by Gasteiger charge is -2.33. The molecule has 36 heteroatoms. The van der Waals surface area contributed by atoms with Gasteiger partial charge in [0.1, 0.15) is 89.8 Å². The number of aliphatic carboxylic acids is 1. The van der Waals surface area contributed by atoms with Gasteiger partial charge in [-0.2, -0.15) is 0 Å². The van der Waals surface area contributed by atoms with Gasteiger partial charge in [0.15, 0.2) is 0 Å². The number of H-pyrrole nitrogens is 1. The number of hydrogen-bond donors (Lipinski definition) is 19. The second-order valence-electron chi connectivity index (χ2n) is 32.0. The van der Waals surface area contributed by atoms with Crippen LogP contribution in [0, 0.1) is 17.8 Å². The van der Waals surface area contributed by atoms with Crippen molar-refractivity contribution in [2.24, 2.45) is 23.5 Å². The summed E-state index contributed by atoms with van der Waals surface area (Å²) in [6, 6.07) is 20.9. The van der Waals surface area contributed by atoms with Crippen LogP contribution in [-0.2, 0) is 110 Å². The van der Waals surface area contributed by atoms with Gasteiger partial charge in [0.25, 0.3) is 0 Å². The Morgan fingerprint density at radius 3 is 1.33 bits per heavy atom. The molecule has 20 N–H and O–H groups in total. The molecule has 2 heterocycles. The van der Waals surface area contributed by atoms with E-state index in [9.17, 15) is 68.7 Å². The van der Waals surface area contributed by atoms with Crippen LogP contribution in [0.2, 0.25) is 0 Å². The molecule has 0 aliphatic carbocycles. The molecule has 668 valence electrons. The third-order valence-electron chi connectivity index (χ3n) is 20.7. The molecule has 12 atom stereocenters. The van der Waals surface area contributed by atoms with Crippen molar-refractivity contribution in [1.82, 2.24) is 73.7 Å². The summed E-state index contributed by atoms with van der Waals surface area (Å²) >= 11 is 0.810. The minimum Gasteiger partial charge on any atom is -0.508 e. The normalized spacial score (nSPS) is 22.3. The predicted octanol–water partition coefficient (Wildman–Crippen LogP) is 1.15. The van der Waals surface area contributed by atoms with Crippen LogP contribution in [0.4, 0.5) is 0 Å². The van der Waals surface area contributed by atoms with Crippen LogP contribution in [0.15, 0.2) is 164 Å². The first-order chi connectivity index (χ1) is 59.5. The first kappa shape index (κ1) is 97.1. The van der Waals surface area contributed by atoms with Crippen molar-refractivity contribution in [2.75, 3.05) is 31.7 Å². The molecule has 1 aliphatic heterocycles. The molecule has 0 unspecified atom stereocenters. The number of benzene rings is 6. The summed E-state index contributed by atoms with van der Waals surface area (Å²) in [4.78, 5) is 224. The first-order valence-corrected chi connectivity index (χ1v) is 42.2. The molecule has 125 heavy (non-hydrogen) atoms. The van der Waals surface area contributed by atoms with Gasteiger partial charge >= 0.3 is 5.97 Å². The number of nitrogens with one attached hydrogen (secondary N) is 13. The van der Waals surface area contributed by atoms with Crippen LogP contribution in [0.25, 0.3) is 10.9 Å². The van der Waals surface area contributed by atoms with Crippen molar-refractivity contribution in [1.29, 1.82) is 0 Å². The van der Waals surface area contributed by atoms with E-state index in [0.29, 0.717) is 44.3 Å². The highest BCUT2D eigenvalue weighted by Gasteiger charge is 2.41. The van der Waals surface area contributed by atoms with E-state index in [-0.39, 0.29) is 80.5 Å². The number of amides is 14. The van der Waals surface area contributed by atoms with E-state index in [1.165, 1.54) is 79.8 Å². The monoisotopic (exact) mass is 1740 g/mol. The maximum absolute atomic E-state index is 15.8. The van der Waals surface area contributed by atoms with E-state index in [2.05, 4.69) is 68.8 Å².